The first-order valence-corrected chi connectivity index (χ1v) is 10.0. The summed E-state index contributed by atoms with van der Waals surface area (Å²) in [6.07, 6.45) is 5.66. The SMILES string of the molecule is CCC(Oc1cc2ncnc(Nc3ccc(C)c(O)c3)c2cc1OC)c1ccncc1.Cl. The van der Waals surface area contributed by atoms with E-state index in [2.05, 4.69) is 27.2 Å². The molecule has 2 aromatic carbocycles. The smallest absolute Gasteiger partial charge is 0.164 e. The fraction of sp³-hybridized carbons (Fsp3) is 0.208. The molecule has 4 aromatic rings. The third-order valence-electron chi connectivity index (χ3n) is 5.11. The van der Waals surface area contributed by atoms with Crippen molar-refractivity contribution in [2.75, 3.05) is 12.4 Å². The van der Waals surface area contributed by atoms with E-state index in [9.17, 15) is 5.11 Å². The molecule has 0 radical (unpaired) electrons. The molecule has 0 saturated heterocycles. The fourth-order valence-corrected chi connectivity index (χ4v) is 3.36. The van der Waals surface area contributed by atoms with Crippen LogP contribution in [0.2, 0.25) is 0 Å². The quantitative estimate of drug-likeness (QED) is 0.369. The van der Waals surface area contributed by atoms with Gasteiger partial charge in [-0.25, -0.2) is 9.97 Å². The number of aromatic hydroxyl groups is 1. The van der Waals surface area contributed by atoms with Gasteiger partial charge in [0.2, 0.25) is 0 Å². The second-order valence-electron chi connectivity index (χ2n) is 7.16. The Labute approximate surface area is 192 Å². The minimum absolute atomic E-state index is 0. The summed E-state index contributed by atoms with van der Waals surface area (Å²) < 4.78 is 11.9. The van der Waals surface area contributed by atoms with E-state index in [1.54, 1.807) is 25.6 Å². The van der Waals surface area contributed by atoms with E-state index in [0.717, 1.165) is 28.6 Å². The normalized spacial score (nSPS) is 11.5. The molecule has 0 aliphatic heterocycles. The van der Waals surface area contributed by atoms with Gasteiger partial charge < -0.3 is 19.9 Å². The Morgan fingerprint density at radius 3 is 2.50 bits per heavy atom. The zero-order chi connectivity index (χ0) is 21.8. The Morgan fingerprint density at radius 2 is 1.81 bits per heavy atom. The highest BCUT2D eigenvalue weighted by Gasteiger charge is 2.17. The Kier molecular flexibility index (Phi) is 7.33. The van der Waals surface area contributed by atoms with E-state index < -0.39 is 0 Å². The number of anilines is 2. The lowest BCUT2D eigenvalue weighted by Crippen LogP contribution is -2.07. The molecule has 0 saturated carbocycles. The molecule has 0 amide bonds. The molecular weight excluding hydrogens is 428 g/mol. The van der Waals surface area contributed by atoms with Crippen LogP contribution in [0, 0.1) is 6.92 Å². The Hall–Kier alpha value is -3.58. The Morgan fingerprint density at radius 1 is 1.03 bits per heavy atom. The van der Waals surface area contributed by atoms with E-state index >= 15 is 0 Å². The minimum atomic E-state index is -0.135. The van der Waals surface area contributed by atoms with Crippen LogP contribution in [0.3, 0.4) is 0 Å². The summed E-state index contributed by atoms with van der Waals surface area (Å²) in [6.45, 7) is 3.92. The van der Waals surface area contributed by atoms with Gasteiger partial charge in [-0.2, -0.15) is 0 Å². The maximum absolute atomic E-state index is 10.00. The van der Waals surface area contributed by atoms with E-state index in [1.807, 2.05) is 43.3 Å². The number of hydrogen-bond donors (Lipinski definition) is 2. The molecule has 0 fully saturated rings. The van der Waals surface area contributed by atoms with Crippen molar-refractivity contribution < 1.29 is 14.6 Å². The standard InChI is InChI=1S/C24H24N4O3.ClH/c1-4-21(16-7-9-25-10-8-16)31-23-13-19-18(12-22(23)30-3)24(27-14-26-19)28-17-6-5-15(2)20(29)11-17;/h5-14,21,29H,4H2,1-3H3,(H,26,27,28);1H. The van der Waals surface area contributed by atoms with Crippen LogP contribution in [-0.4, -0.2) is 27.2 Å². The average molecular weight is 453 g/mol. The molecule has 1 atom stereocenters. The summed E-state index contributed by atoms with van der Waals surface area (Å²) in [5, 5.41) is 14.0. The van der Waals surface area contributed by atoms with Gasteiger partial charge in [-0.15, -0.1) is 12.4 Å². The topological polar surface area (TPSA) is 89.4 Å². The molecule has 7 nitrogen and oxygen atoms in total. The van der Waals surface area contributed by atoms with Crippen molar-refractivity contribution in [3.63, 3.8) is 0 Å². The Balaban J connectivity index is 0.00000289. The van der Waals surface area contributed by atoms with E-state index in [1.165, 1.54) is 6.33 Å². The highest BCUT2D eigenvalue weighted by molar-refractivity contribution is 5.93. The number of phenolic OH excluding ortho intramolecular Hbond substituents is 1. The number of ether oxygens (including phenoxy) is 2. The van der Waals surface area contributed by atoms with Crippen LogP contribution >= 0.6 is 12.4 Å². The number of rotatable bonds is 7. The second kappa shape index (κ2) is 10.2. The maximum Gasteiger partial charge on any atom is 0.164 e. The van der Waals surface area contributed by atoms with Crippen LogP contribution in [0.15, 0.2) is 61.2 Å². The summed E-state index contributed by atoms with van der Waals surface area (Å²) in [4.78, 5) is 12.9. The van der Waals surface area contributed by atoms with Gasteiger partial charge in [0.1, 0.15) is 24.0 Å². The van der Waals surface area contributed by atoms with Crippen molar-refractivity contribution in [2.24, 2.45) is 0 Å². The molecule has 0 spiro atoms. The van der Waals surface area contributed by atoms with Crippen LogP contribution in [0.1, 0.15) is 30.6 Å². The van der Waals surface area contributed by atoms with Gasteiger partial charge in [-0.3, -0.25) is 4.98 Å². The zero-order valence-electron chi connectivity index (χ0n) is 18.1. The first-order chi connectivity index (χ1) is 15.1. The van der Waals surface area contributed by atoms with Gasteiger partial charge in [0.15, 0.2) is 11.5 Å². The van der Waals surface area contributed by atoms with E-state index in [0.29, 0.717) is 22.8 Å². The number of nitrogens with zero attached hydrogens (tertiary/aromatic N) is 3. The van der Waals surface area contributed by atoms with Gasteiger partial charge in [0.25, 0.3) is 0 Å². The van der Waals surface area contributed by atoms with Crippen LogP contribution in [-0.2, 0) is 0 Å². The molecule has 166 valence electrons. The molecule has 0 bridgehead atoms. The minimum Gasteiger partial charge on any atom is -0.508 e. The average Bonchev–Trinajstić information content (AvgIpc) is 2.80. The van der Waals surface area contributed by atoms with Crippen LogP contribution in [0.4, 0.5) is 11.5 Å². The zero-order valence-corrected chi connectivity index (χ0v) is 18.9. The molecule has 2 aromatic heterocycles. The lowest BCUT2D eigenvalue weighted by Gasteiger charge is -2.20. The predicted molar refractivity (Wildman–Crippen MR) is 127 cm³/mol. The van der Waals surface area contributed by atoms with Crippen molar-refractivity contribution in [1.29, 1.82) is 0 Å². The first-order valence-electron chi connectivity index (χ1n) is 10.0. The highest BCUT2D eigenvalue weighted by Crippen LogP contribution is 2.37. The molecule has 4 rings (SSSR count). The molecule has 2 N–H and O–H groups in total. The van der Waals surface area contributed by atoms with Crippen LogP contribution < -0.4 is 14.8 Å². The van der Waals surface area contributed by atoms with Crippen molar-refractivity contribution in [2.45, 2.75) is 26.4 Å². The number of nitrogens with one attached hydrogen (secondary N) is 1. The summed E-state index contributed by atoms with van der Waals surface area (Å²) in [6, 6.07) is 13.0. The van der Waals surface area contributed by atoms with Crippen molar-refractivity contribution >= 4 is 34.8 Å². The third kappa shape index (κ3) is 4.84. The van der Waals surface area contributed by atoms with Gasteiger partial charge in [0.05, 0.1) is 12.6 Å². The monoisotopic (exact) mass is 452 g/mol. The fourth-order valence-electron chi connectivity index (χ4n) is 3.36. The van der Waals surface area contributed by atoms with Gasteiger partial charge >= 0.3 is 0 Å². The molecular formula is C24H25ClN4O3. The molecule has 0 aliphatic carbocycles. The number of methoxy groups -OCH3 is 1. The number of aromatic nitrogens is 3. The van der Waals surface area contributed by atoms with Gasteiger partial charge in [-0.1, -0.05) is 13.0 Å². The number of halogens is 1. The molecule has 8 heteroatoms. The third-order valence-corrected chi connectivity index (χ3v) is 5.11. The van der Waals surface area contributed by atoms with Gasteiger partial charge in [-0.05, 0) is 48.7 Å². The number of phenols is 1. The summed E-state index contributed by atoms with van der Waals surface area (Å²) in [5.41, 5.74) is 3.30. The number of benzene rings is 2. The predicted octanol–water partition coefficient (Wildman–Crippen LogP) is 5.74. The van der Waals surface area contributed by atoms with Crippen molar-refractivity contribution in [1.82, 2.24) is 15.0 Å². The second-order valence-corrected chi connectivity index (χ2v) is 7.16. The summed E-state index contributed by atoms with van der Waals surface area (Å²) >= 11 is 0. The highest BCUT2D eigenvalue weighted by atomic mass is 35.5. The van der Waals surface area contributed by atoms with Crippen LogP contribution in [0.25, 0.3) is 10.9 Å². The van der Waals surface area contributed by atoms with E-state index in [-0.39, 0.29) is 24.3 Å². The number of aryl methyl sites for hydroxylation is 1. The summed E-state index contributed by atoms with van der Waals surface area (Å²) in [5.74, 6) is 2.03. The number of hydrogen-bond acceptors (Lipinski definition) is 7. The van der Waals surface area contributed by atoms with Gasteiger partial charge in [0, 0.05) is 35.6 Å². The molecule has 1 unspecified atom stereocenters. The molecule has 32 heavy (non-hydrogen) atoms. The number of pyridine rings is 1. The lowest BCUT2D eigenvalue weighted by atomic mass is 10.1. The first kappa shape index (κ1) is 23.1. The number of fused-ring (bicyclic) bond motifs is 1. The lowest BCUT2D eigenvalue weighted by molar-refractivity contribution is 0.193. The van der Waals surface area contributed by atoms with Crippen molar-refractivity contribution in [3.05, 3.63) is 72.3 Å². The van der Waals surface area contributed by atoms with Crippen LogP contribution in [0.5, 0.6) is 17.2 Å². The molecule has 2 heterocycles. The maximum atomic E-state index is 10.00. The molecule has 0 aliphatic rings. The Bertz CT molecular complexity index is 1200. The largest absolute Gasteiger partial charge is 0.508 e. The van der Waals surface area contributed by atoms with E-state index in [4.69, 9.17) is 9.47 Å². The summed E-state index contributed by atoms with van der Waals surface area (Å²) in [7, 11) is 1.61. The van der Waals surface area contributed by atoms with Crippen molar-refractivity contribution in [3.8, 4) is 17.2 Å².